The second-order valence-corrected chi connectivity index (χ2v) is 3.60. The third-order valence-corrected chi connectivity index (χ3v) is 2.34. The second kappa shape index (κ2) is 3.95. The van der Waals surface area contributed by atoms with E-state index >= 15 is 0 Å². The normalized spacial score (nSPS) is 10.5. The fourth-order valence-corrected chi connectivity index (χ4v) is 1.44. The lowest BCUT2D eigenvalue weighted by Crippen LogP contribution is -1.82. The van der Waals surface area contributed by atoms with E-state index < -0.39 is 0 Å². The van der Waals surface area contributed by atoms with E-state index in [-0.39, 0.29) is 5.75 Å². The lowest BCUT2D eigenvalue weighted by molar-refractivity contribution is 0.473. The van der Waals surface area contributed by atoms with Crippen LogP contribution in [0.4, 0.5) is 0 Å². The van der Waals surface area contributed by atoms with Crippen LogP contribution < -0.4 is 0 Å². The van der Waals surface area contributed by atoms with Gasteiger partial charge in [-0.25, -0.2) is 4.98 Å². The van der Waals surface area contributed by atoms with Gasteiger partial charge in [-0.05, 0) is 24.6 Å². The first kappa shape index (κ1) is 10.1. The SMILES string of the molecule is CCc1coc(-c2cc(Cl)ccc2O)n1. The minimum Gasteiger partial charge on any atom is -0.507 e. The van der Waals surface area contributed by atoms with Gasteiger partial charge in [-0.2, -0.15) is 0 Å². The summed E-state index contributed by atoms with van der Waals surface area (Å²) in [5.41, 5.74) is 1.37. The molecule has 0 aliphatic heterocycles. The number of aromatic hydroxyl groups is 1. The van der Waals surface area contributed by atoms with Gasteiger partial charge in [-0.3, -0.25) is 0 Å². The number of nitrogens with zero attached hydrogens (tertiary/aromatic N) is 1. The van der Waals surface area contributed by atoms with Gasteiger partial charge in [0, 0.05) is 5.02 Å². The lowest BCUT2D eigenvalue weighted by atomic mass is 10.2. The van der Waals surface area contributed by atoms with Gasteiger partial charge in [-0.1, -0.05) is 18.5 Å². The van der Waals surface area contributed by atoms with Crippen molar-refractivity contribution in [1.82, 2.24) is 4.98 Å². The van der Waals surface area contributed by atoms with Gasteiger partial charge >= 0.3 is 0 Å². The summed E-state index contributed by atoms with van der Waals surface area (Å²) in [7, 11) is 0. The van der Waals surface area contributed by atoms with Gasteiger partial charge in [0.25, 0.3) is 0 Å². The Balaban J connectivity index is 2.48. The molecule has 0 amide bonds. The Hall–Kier alpha value is -1.48. The average molecular weight is 224 g/mol. The number of aryl methyl sites for hydroxylation is 1. The summed E-state index contributed by atoms with van der Waals surface area (Å²) in [6, 6.07) is 4.76. The number of hydrogen-bond acceptors (Lipinski definition) is 3. The average Bonchev–Trinajstić information content (AvgIpc) is 2.70. The molecule has 1 aromatic carbocycles. The Morgan fingerprint density at radius 1 is 1.47 bits per heavy atom. The van der Waals surface area contributed by atoms with Crippen LogP contribution in [0.3, 0.4) is 0 Å². The number of halogens is 1. The molecular weight excluding hydrogens is 214 g/mol. The van der Waals surface area contributed by atoms with E-state index in [0.717, 1.165) is 12.1 Å². The number of rotatable bonds is 2. The summed E-state index contributed by atoms with van der Waals surface area (Å²) in [6.07, 6.45) is 2.38. The van der Waals surface area contributed by atoms with Crippen LogP contribution >= 0.6 is 11.6 Å². The third kappa shape index (κ3) is 1.97. The first-order valence-corrected chi connectivity index (χ1v) is 5.01. The molecule has 0 aliphatic rings. The van der Waals surface area contributed by atoms with Crippen molar-refractivity contribution in [2.45, 2.75) is 13.3 Å². The number of aromatic nitrogens is 1. The van der Waals surface area contributed by atoms with Crippen LogP contribution in [0.5, 0.6) is 5.75 Å². The quantitative estimate of drug-likeness (QED) is 0.850. The molecule has 0 bridgehead atoms. The predicted octanol–water partition coefficient (Wildman–Crippen LogP) is 3.26. The zero-order chi connectivity index (χ0) is 10.8. The summed E-state index contributed by atoms with van der Waals surface area (Å²) in [6.45, 7) is 1.99. The molecule has 0 unspecified atom stereocenters. The molecule has 1 N–H and O–H groups in total. The van der Waals surface area contributed by atoms with Crippen molar-refractivity contribution in [2.75, 3.05) is 0 Å². The number of benzene rings is 1. The Labute approximate surface area is 92.3 Å². The lowest BCUT2D eigenvalue weighted by Gasteiger charge is -1.99. The second-order valence-electron chi connectivity index (χ2n) is 3.16. The molecule has 0 atom stereocenters. The first-order valence-electron chi connectivity index (χ1n) is 4.64. The predicted molar refractivity (Wildman–Crippen MR) is 58.0 cm³/mol. The van der Waals surface area contributed by atoms with Gasteiger partial charge in [0.2, 0.25) is 5.89 Å². The molecule has 0 spiro atoms. The number of oxazole rings is 1. The minimum atomic E-state index is 0.115. The maximum Gasteiger partial charge on any atom is 0.229 e. The van der Waals surface area contributed by atoms with Crippen molar-refractivity contribution in [3.63, 3.8) is 0 Å². The van der Waals surface area contributed by atoms with Gasteiger partial charge in [0.1, 0.15) is 12.0 Å². The van der Waals surface area contributed by atoms with Crippen LogP contribution in [-0.2, 0) is 6.42 Å². The molecule has 2 aromatic rings. The smallest absolute Gasteiger partial charge is 0.229 e. The number of hydrogen-bond donors (Lipinski definition) is 1. The van der Waals surface area contributed by atoms with Gasteiger partial charge < -0.3 is 9.52 Å². The third-order valence-electron chi connectivity index (χ3n) is 2.10. The van der Waals surface area contributed by atoms with Crippen molar-refractivity contribution >= 4 is 11.6 Å². The Kier molecular flexibility index (Phi) is 2.64. The van der Waals surface area contributed by atoms with E-state index in [2.05, 4.69) is 4.98 Å². The van der Waals surface area contributed by atoms with Crippen molar-refractivity contribution in [1.29, 1.82) is 0 Å². The highest BCUT2D eigenvalue weighted by Gasteiger charge is 2.10. The Morgan fingerprint density at radius 2 is 2.27 bits per heavy atom. The minimum absolute atomic E-state index is 0.115. The van der Waals surface area contributed by atoms with Crippen molar-refractivity contribution in [2.24, 2.45) is 0 Å². The summed E-state index contributed by atoms with van der Waals surface area (Å²) in [5, 5.41) is 10.2. The fraction of sp³-hybridized carbons (Fsp3) is 0.182. The zero-order valence-electron chi connectivity index (χ0n) is 8.20. The molecule has 3 nitrogen and oxygen atoms in total. The van der Waals surface area contributed by atoms with Crippen LogP contribution in [0.2, 0.25) is 5.02 Å². The molecule has 0 fully saturated rings. The highest BCUT2D eigenvalue weighted by molar-refractivity contribution is 6.30. The maximum absolute atomic E-state index is 9.61. The van der Waals surface area contributed by atoms with E-state index in [1.54, 1.807) is 18.4 Å². The zero-order valence-corrected chi connectivity index (χ0v) is 8.95. The van der Waals surface area contributed by atoms with Crippen molar-refractivity contribution in [3.8, 4) is 17.2 Å². The fourth-order valence-electron chi connectivity index (χ4n) is 1.27. The Morgan fingerprint density at radius 3 is 2.93 bits per heavy atom. The molecule has 0 saturated carbocycles. The molecule has 0 saturated heterocycles. The number of phenolic OH excluding ortho intramolecular Hbond substituents is 1. The van der Waals surface area contributed by atoms with Gasteiger partial charge in [0.15, 0.2) is 0 Å². The number of phenols is 1. The molecule has 15 heavy (non-hydrogen) atoms. The topological polar surface area (TPSA) is 46.3 Å². The summed E-state index contributed by atoms with van der Waals surface area (Å²) < 4.78 is 5.25. The summed E-state index contributed by atoms with van der Waals surface area (Å²) in [4.78, 5) is 4.22. The van der Waals surface area contributed by atoms with Crippen molar-refractivity contribution < 1.29 is 9.52 Å². The largest absolute Gasteiger partial charge is 0.507 e. The van der Waals surface area contributed by atoms with E-state index in [4.69, 9.17) is 16.0 Å². The maximum atomic E-state index is 9.61. The molecule has 78 valence electrons. The van der Waals surface area contributed by atoms with Crippen LogP contribution in [0.1, 0.15) is 12.6 Å². The molecule has 1 heterocycles. The monoisotopic (exact) mass is 223 g/mol. The molecule has 2 rings (SSSR count). The van der Waals surface area contributed by atoms with E-state index in [1.165, 1.54) is 6.07 Å². The van der Waals surface area contributed by atoms with Crippen molar-refractivity contribution in [3.05, 3.63) is 35.2 Å². The molecule has 0 aliphatic carbocycles. The highest BCUT2D eigenvalue weighted by atomic mass is 35.5. The standard InChI is InChI=1S/C11H10ClNO2/c1-2-8-6-15-11(13-8)9-5-7(12)3-4-10(9)14/h3-6,14H,2H2,1H3. The highest BCUT2D eigenvalue weighted by Crippen LogP contribution is 2.30. The van der Waals surface area contributed by atoms with Gasteiger partial charge in [-0.15, -0.1) is 0 Å². The molecule has 4 heteroatoms. The van der Waals surface area contributed by atoms with E-state index in [0.29, 0.717) is 16.5 Å². The molecule has 1 aromatic heterocycles. The van der Waals surface area contributed by atoms with Crippen LogP contribution in [-0.4, -0.2) is 10.1 Å². The van der Waals surface area contributed by atoms with Crippen LogP contribution in [0, 0.1) is 0 Å². The summed E-state index contributed by atoms with van der Waals surface area (Å²) >= 11 is 5.83. The van der Waals surface area contributed by atoms with Crippen LogP contribution in [0.15, 0.2) is 28.9 Å². The summed E-state index contributed by atoms with van der Waals surface area (Å²) in [5.74, 6) is 0.510. The van der Waals surface area contributed by atoms with Gasteiger partial charge in [0.05, 0.1) is 11.3 Å². The first-order chi connectivity index (χ1) is 7.20. The molecular formula is C11H10ClNO2. The van der Waals surface area contributed by atoms with Crippen LogP contribution in [0.25, 0.3) is 11.5 Å². The molecule has 0 radical (unpaired) electrons. The Bertz CT molecular complexity index is 479. The van der Waals surface area contributed by atoms with E-state index in [9.17, 15) is 5.11 Å². The van der Waals surface area contributed by atoms with E-state index in [1.807, 2.05) is 6.92 Å².